The molecule has 2 aliphatic heterocycles. The maximum Gasteiger partial charge on any atom is 0.249 e. The molecule has 1 amide bonds. The van der Waals surface area contributed by atoms with Crippen LogP contribution >= 0.6 is 12.4 Å². The summed E-state index contributed by atoms with van der Waals surface area (Å²) in [5, 5.41) is 3.13. The first kappa shape index (κ1) is 20.2. The molecule has 1 aliphatic carbocycles. The summed E-state index contributed by atoms with van der Waals surface area (Å²) in [5.41, 5.74) is 7.97. The number of nitrogens with two attached hydrogens (primary N) is 1. The van der Waals surface area contributed by atoms with E-state index in [2.05, 4.69) is 24.4 Å². The first-order chi connectivity index (χ1) is 12.6. The summed E-state index contributed by atoms with van der Waals surface area (Å²) >= 11 is 0. The van der Waals surface area contributed by atoms with Crippen molar-refractivity contribution in [1.82, 2.24) is 5.32 Å². The minimum absolute atomic E-state index is 0. The zero-order valence-corrected chi connectivity index (χ0v) is 16.7. The summed E-state index contributed by atoms with van der Waals surface area (Å²) in [5.74, 6) is 2.14. The van der Waals surface area contributed by atoms with Crippen molar-refractivity contribution in [3.8, 4) is 11.5 Å². The molecule has 6 nitrogen and oxygen atoms in total. The second-order valence-electron chi connectivity index (χ2n) is 7.58. The first-order valence-electron chi connectivity index (χ1n) is 9.71. The van der Waals surface area contributed by atoms with Gasteiger partial charge < -0.3 is 25.3 Å². The van der Waals surface area contributed by atoms with Crippen LogP contribution in [0.5, 0.6) is 11.5 Å². The van der Waals surface area contributed by atoms with Gasteiger partial charge in [0.15, 0.2) is 0 Å². The van der Waals surface area contributed by atoms with E-state index >= 15 is 0 Å². The van der Waals surface area contributed by atoms with Crippen molar-refractivity contribution in [1.29, 1.82) is 0 Å². The van der Waals surface area contributed by atoms with Gasteiger partial charge in [0.25, 0.3) is 0 Å². The van der Waals surface area contributed by atoms with Gasteiger partial charge in [-0.2, -0.15) is 0 Å². The molecule has 150 valence electrons. The number of nitrogens with one attached hydrogen (secondary N) is 1. The molecule has 0 aromatic heterocycles. The molecular formula is C20H29ClN2O4. The normalized spacial score (nSPS) is 30.9. The van der Waals surface area contributed by atoms with Gasteiger partial charge in [-0.15, -0.1) is 12.4 Å². The predicted molar refractivity (Wildman–Crippen MR) is 105 cm³/mol. The summed E-state index contributed by atoms with van der Waals surface area (Å²) < 4.78 is 17.5. The monoisotopic (exact) mass is 396 g/mol. The van der Waals surface area contributed by atoms with Gasteiger partial charge in [-0.1, -0.05) is 0 Å². The highest BCUT2D eigenvalue weighted by Gasteiger charge is 2.43. The molecular weight excluding hydrogens is 368 g/mol. The van der Waals surface area contributed by atoms with E-state index < -0.39 is 0 Å². The molecule has 0 spiro atoms. The van der Waals surface area contributed by atoms with Gasteiger partial charge in [0.2, 0.25) is 5.91 Å². The number of hydrogen-bond donors (Lipinski definition) is 2. The lowest BCUT2D eigenvalue weighted by atomic mass is 10.0. The van der Waals surface area contributed by atoms with Crippen LogP contribution in [0.1, 0.15) is 50.2 Å². The highest BCUT2D eigenvalue weighted by Crippen LogP contribution is 2.48. The van der Waals surface area contributed by atoms with Crippen LogP contribution in [0.3, 0.4) is 0 Å². The first-order valence-corrected chi connectivity index (χ1v) is 9.71. The van der Waals surface area contributed by atoms with Gasteiger partial charge in [-0.3, -0.25) is 4.79 Å². The van der Waals surface area contributed by atoms with Crippen molar-refractivity contribution in [2.75, 3.05) is 13.2 Å². The summed E-state index contributed by atoms with van der Waals surface area (Å²) in [6.07, 6.45) is 3.31. The third-order valence-corrected chi connectivity index (χ3v) is 5.51. The van der Waals surface area contributed by atoms with Crippen LogP contribution in [0.25, 0.3) is 0 Å². The lowest BCUT2D eigenvalue weighted by Gasteiger charge is -2.14. The summed E-state index contributed by atoms with van der Waals surface area (Å²) in [4.78, 5) is 12.4. The van der Waals surface area contributed by atoms with E-state index in [0.717, 1.165) is 42.7 Å². The van der Waals surface area contributed by atoms with E-state index in [1.54, 1.807) is 0 Å². The van der Waals surface area contributed by atoms with Crippen molar-refractivity contribution in [2.45, 2.75) is 69.8 Å². The predicted octanol–water partition coefficient (Wildman–Crippen LogP) is 2.31. The number of hydrogen-bond acceptors (Lipinski definition) is 5. The van der Waals surface area contributed by atoms with Crippen LogP contribution < -0.4 is 20.5 Å². The van der Waals surface area contributed by atoms with Gasteiger partial charge in [0.05, 0.1) is 12.7 Å². The Kier molecular flexibility index (Phi) is 6.18. The third kappa shape index (κ3) is 4.18. The summed E-state index contributed by atoms with van der Waals surface area (Å²) in [6, 6.07) is 4.36. The van der Waals surface area contributed by atoms with E-state index in [9.17, 15) is 4.79 Å². The fourth-order valence-corrected chi connectivity index (χ4v) is 4.07. The quantitative estimate of drug-likeness (QED) is 0.771. The van der Waals surface area contributed by atoms with Crippen molar-refractivity contribution in [2.24, 2.45) is 5.73 Å². The zero-order valence-electron chi connectivity index (χ0n) is 15.9. The minimum Gasteiger partial charge on any atom is -0.494 e. The van der Waals surface area contributed by atoms with Crippen molar-refractivity contribution in [3.63, 3.8) is 0 Å². The molecule has 7 heteroatoms. The van der Waals surface area contributed by atoms with E-state index in [1.165, 1.54) is 5.56 Å². The number of carbonyl (C=O) groups excluding carboxylic acids is 1. The van der Waals surface area contributed by atoms with E-state index in [0.29, 0.717) is 13.2 Å². The number of amides is 1. The van der Waals surface area contributed by atoms with E-state index in [-0.39, 0.29) is 48.6 Å². The molecule has 1 saturated carbocycles. The molecule has 3 aliphatic rings. The van der Waals surface area contributed by atoms with E-state index in [4.69, 9.17) is 19.9 Å². The van der Waals surface area contributed by atoms with Crippen LogP contribution in [0.4, 0.5) is 0 Å². The molecule has 2 fully saturated rings. The second-order valence-corrected chi connectivity index (χ2v) is 7.58. The Morgan fingerprint density at radius 3 is 2.89 bits per heavy atom. The number of benzene rings is 1. The number of halogens is 1. The maximum atomic E-state index is 12.4. The number of rotatable bonds is 6. The molecule has 1 aromatic rings. The molecule has 0 radical (unpaired) electrons. The Morgan fingerprint density at radius 1 is 1.37 bits per heavy atom. The second kappa shape index (κ2) is 8.25. The topological polar surface area (TPSA) is 82.8 Å². The Morgan fingerprint density at radius 2 is 2.19 bits per heavy atom. The van der Waals surface area contributed by atoms with Crippen molar-refractivity contribution in [3.05, 3.63) is 23.3 Å². The molecule has 1 aromatic carbocycles. The molecule has 27 heavy (non-hydrogen) atoms. The largest absolute Gasteiger partial charge is 0.494 e. The minimum atomic E-state index is -0.361. The highest BCUT2D eigenvalue weighted by molar-refractivity contribution is 5.85. The average Bonchev–Trinajstić information content (AvgIpc) is 3.05. The Hall–Kier alpha value is -1.50. The smallest absolute Gasteiger partial charge is 0.249 e. The number of fused-ring (bicyclic) bond motifs is 1. The van der Waals surface area contributed by atoms with Gasteiger partial charge in [-0.05, 0) is 45.2 Å². The van der Waals surface area contributed by atoms with Crippen molar-refractivity contribution < 1.29 is 19.0 Å². The van der Waals surface area contributed by atoms with Gasteiger partial charge in [0, 0.05) is 36.1 Å². The summed E-state index contributed by atoms with van der Waals surface area (Å²) in [7, 11) is 0. The number of carbonyl (C=O) groups is 1. The molecule has 4 rings (SSSR count). The molecule has 3 unspecified atom stereocenters. The lowest BCUT2D eigenvalue weighted by Crippen LogP contribution is -2.37. The lowest BCUT2D eigenvalue weighted by molar-refractivity contribution is -0.132. The van der Waals surface area contributed by atoms with Crippen LogP contribution in [0, 0.1) is 0 Å². The average molecular weight is 397 g/mol. The van der Waals surface area contributed by atoms with Crippen LogP contribution in [0.15, 0.2) is 12.1 Å². The number of ether oxygens (including phenoxy) is 3. The highest BCUT2D eigenvalue weighted by atomic mass is 35.5. The maximum absolute atomic E-state index is 12.4. The Balaban J connectivity index is 0.00000210. The molecule has 0 bridgehead atoms. The molecule has 3 N–H and O–H groups in total. The molecule has 2 heterocycles. The van der Waals surface area contributed by atoms with Crippen LogP contribution in [-0.4, -0.2) is 43.4 Å². The summed E-state index contributed by atoms with van der Waals surface area (Å²) in [6.45, 7) is 5.17. The zero-order chi connectivity index (χ0) is 18.3. The Bertz CT molecular complexity index is 699. The molecule has 1 saturated heterocycles. The SMILES string of the molecule is CCOc1cc2c(cc1C1CC1NC(=O)[C@@H]1CC[C@H](CN)O1)OC(C)C2.Cl. The van der Waals surface area contributed by atoms with Crippen LogP contribution in [0.2, 0.25) is 0 Å². The standard InChI is InChI=1S/C20H28N2O4.ClH/c1-3-24-19-7-12-6-11(2)25-18(12)9-15(19)14-8-16(14)22-20(23)17-5-4-13(10-21)26-17;/h7,9,11,13-14,16-17H,3-6,8,10,21H2,1-2H3,(H,22,23);1H/t11?,13-,14?,16?,17+;/m1./s1. The van der Waals surface area contributed by atoms with Crippen molar-refractivity contribution >= 4 is 18.3 Å². The fourth-order valence-electron chi connectivity index (χ4n) is 4.07. The van der Waals surface area contributed by atoms with E-state index in [1.807, 2.05) is 6.92 Å². The van der Waals surface area contributed by atoms with Gasteiger partial charge >= 0.3 is 0 Å². The Labute approximate surface area is 166 Å². The fraction of sp³-hybridized carbons (Fsp3) is 0.650. The molecule has 5 atom stereocenters. The third-order valence-electron chi connectivity index (χ3n) is 5.51. The van der Waals surface area contributed by atoms with Gasteiger partial charge in [0.1, 0.15) is 23.7 Å². The van der Waals surface area contributed by atoms with Gasteiger partial charge in [-0.25, -0.2) is 0 Å². The van der Waals surface area contributed by atoms with Crippen LogP contribution in [-0.2, 0) is 16.0 Å².